The fourth-order valence-corrected chi connectivity index (χ4v) is 1.79. The van der Waals surface area contributed by atoms with Crippen LogP contribution >= 0.6 is 0 Å². The van der Waals surface area contributed by atoms with Gasteiger partial charge in [0.05, 0.1) is 0 Å². The van der Waals surface area contributed by atoms with Gasteiger partial charge in [0.2, 0.25) is 5.91 Å². The number of carbonyl (C=O) groups is 2. The Labute approximate surface area is 88.5 Å². The van der Waals surface area contributed by atoms with Gasteiger partial charge in [-0.05, 0) is 12.8 Å². The number of rotatable bonds is 5. The highest BCUT2D eigenvalue weighted by atomic mass is 16.4. The van der Waals surface area contributed by atoms with Gasteiger partial charge in [0.25, 0.3) is 0 Å². The summed E-state index contributed by atoms with van der Waals surface area (Å²) in [5.74, 6) is -1.16. The summed E-state index contributed by atoms with van der Waals surface area (Å²) < 4.78 is 0. The number of hydrogen-bond donors (Lipinski definition) is 3. The molecule has 0 aliphatic heterocycles. The van der Waals surface area contributed by atoms with Crippen molar-refractivity contribution < 1.29 is 19.8 Å². The molecule has 1 fully saturated rings. The molecular weight excluding hydrogens is 198 g/mol. The summed E-state index contributed by atoms with van der Waals surface area (Å²) in [4.78, 5) is 21.7. The molecule has 5 nitrogen and oxygen atoms in total. The zero-order chi connectivity index (χ0) is 11.3. The lowest BCUT2D eigenvalue weighted by Gasteiger charge is -2.11. The third-order valence-electron chi connectivity index (χ3n) is 2.73. The highest BCUT2D eigenvalue weighted by molar-refractivity contribution is 5.79. The highest BCUT2D eigenvalue weighted by Gasteiger charge is 2.22. The molecule has 1 saturated carbocycles. The molecule has 1 amide bonds. The van der Waals surface area contributed by atoms with Crippen molar-refractivity contribution in [1.29, 1.82) is 0 Å². The van der Waals surface area contributed by atoms with Crippen molar-refractivity contribution in [2.24, 2.45) is 5.92 Å². The van der Waals surface area contributed by atoms with Crippen molar-refractivity contribution in [3.63, 3.8) is 0 Å². The van der Waals surface area contributed by atoms with Gasteiger partial charge in [-0.2, -0.15) is 0 Å². The Hall–Kier alpha value is -1.10. The summed E-state index contributed by atoms with van der Waals surface area (Å²) >= 11 is 0. The van der Waals surface area contributed by atoms with Crippen molar-refractivity contribution in [1.82, 2.24) is 5.32 Å². The minimum Gasteiger partial charge on any atom is -0.479 e. The molecule has 15 heavy (non-hydrogen) atoms. The van der Waals surface area contributed by atoms with Gasteiger partial charge in [0, 0.05) is 18.9 Å². The van der Waals surface area contributed by atoms with Crippen molar-refractivity contribution in [2.45, 2.75) is 38.2 Å². The molecule has 3 N–H and O–H groups in total. The normalized spacial score (nSPS) is 18.7. The number of aliphatic carboxylic acids is 1. The first-order chi connectivity index (χ1) is 7.11. The lowest BCUT2D eigenvalue weighted by molar-refractivity contribution is -0.147. The van der Waals surface area contributed by atoms with E-state index in [-0.39, 0.29) is 24.8 Å². The molecule has 1 atom stereocenters. The van der Waals surface area contributed by atoms with Crippen LogP contribution in [0.1, 0.15) is 32.1 Å². The van der Waals surface area contributed by atoms with Crippen LogP contribution in [-0.4, -0.2) is 34.7 Å². The van der Waals surface area contributed by atoms with E-state index in [1.807, 2.05) is 0 Å². The van der Waals surface area contributed by atoms with Gasteiger partial charge in [-0.25, -0.2) is 4.79 Å². The quantitative estimate of drug-likeness (QED) is 0.608. The summed E-state index contributed by atoms with van der Waals surface area (Å²) in [6.45, 7) is 0.225. The number of carboxylic acids is 1. The van der Waals surface area contributed by atoms with E-state index in [1.54, 1.807) is 0 Å². The van der Waals surface area contributed by atoms with E-state index in [1.165, 1.54) is 0 Å². The third kappa shape index (κ3) is 3.87. The van der Waals surface area contributed by atoms with Crippen molar-refractivity contribution in [2.75, 3.05) is 6.54 Å². The van der Waals surface area contributed by atoms with Crippen LogP contribution in [0.5, 0.6) is 0 Å². The Balaban J connectivity index is 2.14. The monoisotopic (exact) mass is 215 g/mol. The number of carboxylic acid groups (broad SMARTS) is 1. The van der Waals surface area contributed by atoms with Gasteiger partial charge >= 0.3 is 5.97 Å². The Morgan fingerprint density at radius 1 is 1.33 bits per heavy atom. The summed E-state index contributed by atoms with van der Waals surface area (Å²) in [5.41, 5.74) is 0. The average molecular weight is 215 g/mol. The second-order valence-corrected chi connectivity index (χ2v) is 3.92. The maximum atomic E-state index is 11.5. The minimum atomic E-state index is -1.38. The van der Waals surface area contributed by atoms with Gasteiger partial charge in [0.15, 0.2) is 6.10 Å². The summed E-state index contributed by atoms with van der Waals surface area (Å²) in [5, 5.41) is 20.0. The Morgan fingerprint density at radius 2 is 1.93 bits per heavy atom. The molecule has 1 unspecified atom stereocenters. The first-order valence-corrected chi connectivity index (χ1v) is 5.30. The largest absolute Gasteiger partial charge is 0.479 e. The molecule has 0 saturated heterocycles. The van der Waals surface area contributed by atoms with Crippen molar-refractivity contribution >= 4 is 11.9 Å². The number of hydrogen-bond acceptors (Lipinski definition) is 3. The lowest BCUT2D eigenvalue weighted by Crippen LogP contribution is -2.33. The molecule has 0 aromatic carbocycles. The third-order valence-corrected chi connectivity index (χ3v) is 2.73. The molecule has 0 heterocycles. The average Bonchev–Trinajstić information content (AvgIpc) is 2.70. The zero-order valence-corrected chi connectivity index (χ0v) is 8.61. The van der Waals surface area contributed by atoms with Crippen LogP contribution in [0.4, 0.5) is 0 Å². The molecule has 1 aliphatic carbocycles. The molecule has 0 spiro atoms. The molecule has 0 aromatic rings. The Bertz CT molecular complexity index is 236. The van der Waals surface area contributed by atoms with E-state index in [2.05, 4.69) is 5.32 Å². The molecule has 0 radical (unpaired) electrons. The first-order valence-electron chi connectivity index (χ1n) is 5.30. The number of aliphatic hydroxyl groups is 1. The standard InChI is InChI=1S/C10H17NO4/c12-8(10(14)15)5-6-11-9(13)7-3-1-2-4-7/h7-8,12H,1-6H2,(H,11,13)(H,14,15). The van der Waals surface area contributed by atoms with Crippen molar-refractivity contribution in [3.05, 3.63) is 0 Å². The maximum Gasteiger partial charge on any atom is 0.332 e. The van der Waals surface area contributed by atoms with Gasteiger partial charge < -0.3 is 15.5 Å². The van der Waals surface area contributed by atoms with Gasteiger partial charge in [-0.3, -0.25) is 4.79 Å². The van der Waals surface area contributed by atoms with Crippen LogP contribution in [0.3, 0.4) is 0 Å². The van der Waals surface area contributed by atoms with E-state index in [0.717, 1.165) is 25.7 Å². The van der Waals surface area contributed by atoms with Crippen LogP contribution in [0.15, 0.2) is 0 Å². The highest BCUT2D eigenvalue weighted by Crippen LogP contribution is 2.24. The lowest BCUT2D eigenvalue weighted by atomic mass is 10.1. The zero-order valence-electron chi connectivity index (χ0n) is 8.61. The van der Waals surface area contributed by atoms with E-state index in [9.17, 15) is 9.59 Å². The Morgan fingerprint density at radius 3 is 2.47 bits per heavy atom. The van der Waals surface area contributed by atoms with Gasteiger partial charge in [-0.1, -0.05) is 12.8 Å². The van der Waals surface area contributed by atoms with Crippen molar-refractivity contribution in [3.8, 4) is 0 Å². The molecule has 86 valence electrons. The fourth-order valence-electron chi connectivity index (χ4n) is 1.79. The molecule has 5 heteroatoms. The van der Waals surface area contributed by atoms with Gasteiger partial charge in [0.1, 0.15) is 0 Å². The molecular formula is C10H17NO4. The van der Waals surface area contributed by atoms with E-state index in [0.29, 0.717) is 0 Å². The number of amides is 1. The molecule has 1 rings (SSSR count). The smallest absolute Gasteiger partial charge is 0.332 e. The molecule has 0 bridgehead atoms. The van der Waals surface area contributed by atoms with Crippen LogP contribution in [0, 0.1) is 5.92 Å². The number of nitrogens with one attached hydrogen (secondary N) is 1. The summed E-state index contributed by atoms with van der Waals surface area (Å²) in [6, 6.07) is 0. The second kappa shape index (κ2) is 5.70. The maximum absolute atomic E-state index is 11.5. The van der Waals surface area contributed by atoms with E-state index < -0.39 is 12.1 Å². The van der Waals surface area contributed by atoms with Crippen LogP contribution < -0.4 is 5.32 Å². The van der Waals surface area contributed by atoms with Crippen LogP contribution in [-0.2, 0) is 9.59 Å². The van der Waals surface area contributed by atoms with Gasteiger partial charge in [-0.15, -0.1) is 0 Å². The fraction of sp³-hybridized carbons (Fsp3) is 0.800. The molecule has 0 aromatic heterocycles. The van der Waals surface area contributed by atoms with E-state index >= 15 is 0 Å². The predicted octanol–water partition coefficient (Wildman–Crippen LogP) is 0.128. The molecule has 1 aliphatic rings. The topological polar surface area (TPSA) is 86.6 Å². The SMILES string of the molecule is O=C(O)C(O)CCNC(=O)C1CCCC1. The second-order valence-electron chi connectivity index (χ2n) is 3.92. The first kappa shape index (κ1) is 12.0. The number of carbonyl (C=O) groups excluding carboxylic acids is 1. The van der Waals surface area contributed by atoms with E-state index in [4.69, 9.17) is 10.2 Å². The minimum absolute atomic E-state index is 0.00918. The number of aliphatic hydroxyl groups excluding tert-OH is 1. The van der Waals surface area contributed by atoms with Crippen LogP contribution in [0.2, 0.25) is 0 Å². The Kier molecular flexibility index (Phi) is 4.55. The predicted molar refractivity (Wildman–Crippen MR) is 53.2 cm³/mol. The van der Waals surface area contributed by atoms with Crippen LogP contribution in [0.25, 0.3) is 0 Å². The summed E-state index contributed by atoms with van der Waals surface area (Å²) in [7, 11) is 0. The summed E-state index contributed by atoms with van der Waals surface area (Å²) in [6.07, 6.45) is 2.72.